The highest BCUT2D eigenvalue weighted by Gasteiger charge is 2.16. The first-order valence-corrected chi connectivity index (χ1v) is 9.05. The van der Waals surface area contributed by atoms with Gasteiger partial charge < -0.3 is 9.84 Å². The molecular weight excluding hydrogens is 342 g/mol. The van der Waals surface area contributed by atoms with E-state index in [-0.39, 0.29) is 5.75 Å². The lowest BCUT2D eigenvalue weighted by Crippen LogP contribution is -1.89. The molecule has 1 heterocycles. The van der Waals surface area contributed by atoms with Gasteiger partial charge in [0.1, 0.15) is 11.5 Å². The molecule has 1 aromatic heterocycles. The number of fused-ring (bicyclic) bond motifs is 1. The summed E-state index contributed by atoms with van der Waals surface area (Å²) in [6.45, 7) is 0. The zero-order valence-corrected chi connectivity index (χ0v) is 15.0. The summed E-state index contributed by atoms with van der Waals surface area (Å²) in [7, 11) is 1.66. The van der Waals surface area contributed by atoms with E-state index >= 15 is 0 Å². The van der Waals surface area contributed by atoms with Crippen LogP contribution in [0.4, 0.5) is 0 Å². The zero-order valence-electron chi connectivity index (χ0n) is 14.2. The van der Waals surface area contributed by atoms with Gasteiger partial charge in [0.05, 0.1) is 16.9 Å². The van der Waals surface area contributed by atoms with Crippen molar-refractivity contribution in [2.24, 2.45) is 0 Å². The molecule has 0 radical (unpaired) electrons. The summed E-state index contributed by atoms with van der Waals surface area (Å²) < 4.78 is 5.47. The lowest BCUT2D eigenvalue weighted by Gasteiger charge is -2.15. The van der Waals surface area contributed by atoms with E-state index in [0.29, 0.717) is 0 Å². The summed E-state index contributed by atoms with van der Waals surface area (Å²) in [5, 5.41) is 13.2. The Bertz CT molecular complexity index is 1060. The number of para-hydroxylation sites is 1. The van der Waals surface area contributed by atoms with Crippen LogP contribution < -0.4 is 4.74 Å². The highest BCUT2D eigenvalue weighted by Crippen LogP contribution is 2.47. The van der Waals surface area contributed by atoms with Crippen LogP contribution in [0, 0.1) is 0 Å². The number of ether oxygens (including phenoxy) is 1. The molecule has 128 valence electrons. The Morgan fingerprint density at radius 1 is 0.962 bits per heavy atom. The van der Waals surface area contributed by atoms with Crippen molar-refractivity contribution in [2.45, 2.75) is 9.79 Å². The van der Waals surface area contributed by atoms with E-state index in [2.05, 4.69) is 11.1 Å². The van der Waals surface area contributed by atoms with Crippen molar-refractivity contribution >= 4 is 22.5 Å². The third-order valence-corrected chi connectivity index (χ3v) is 5.40. The average molecular weight is 359 g/mol. The SMILES string of the molecule is COc1ccccc1Sc1c(O)c(-c2cccnc2)cc2ccccc12. The van der Waals surface area contributed by atoms with Gasteiger partial charge in [-0.15, -0.1) is 0 Å². The first-order chi connectivity index (χ1) is 12.8. The van der Waals surface area contributed by atoms with Crippen molar-refractivity contribution in [1.82, 2.24) is 4.98 Å². The van der Waals surface area contributed by atoms with Gasteiger partial charge in [-0.05, 0) is 35.0 Å². The van der Waals surface area contributed by atoms with Gasteiger partial charge in [-0.25, -0.2) is 0 Å². The van der Waals surface area contributed by atoms with Gasteiger partial charge in [0.15, 0.2) is 0 Å². The molecular formula is C22H17NO2S. The summed E-state index contributed by atoms with van der Waals surface area (Å²) in [6, 6.07) is 21.7. The molecule has 0 fully saturated rings. The molecule has 3 aromatic carbocycles. The van der Waals surface area contributed by atoms with Crippen LogP contribution in [0.3, 0.4) is 0 Å². The second-order valence-corrected chi connectivity index (χ2v) is 6.87. The maximum atomic E-state index is 11.1. The molecule has 0 atom stereocenters. The number of phenols is 1. The van der Waals surface area contributed by atoms with Gasteiger partial charge in [-0.2, -0.15) is 0 Å². The van der Waals surface area contributed by atoms with Crippen LogP contribution in [0.15, 0.2) is 88.9 Å². The van der Waals surface area contributed by atoms with E-state index in [0.717, 1.165) is 37.4 Å². The number of benzene rings is 3. The second kappa shape index (κ2) is 7.10. The summed E-state index contributed by atoms with van der Waals surface area (Å²) in [6.07, 6.45) is 3.49. The van der Waals surface area contributed by atoms with Crippen molar-refractivity contribution in [1.29, 1.82) is 0 Å². The molecule has 0 spiro atoms. The molecule has 0 unspecified atom stereocenters. The lowest BCUT2D eigenvalue weighted by molar-refractivity contribution is 0.405. The molecule has 0 aliphatic heterocycles. The molecule has 0 aliphatic carbocycles. The minimum Gasteiger partial charge on any atom is -0.506 e. The second-order valence-electron chi connectivity index (χ2n) is 5.82. The maximum absolute atomic E-state index is 11.1. The summed E-state index contributed by atoms with van der Waals surface area (Å²) >= 11 is 1.51. The number of pyridine rings is 1. The molecule has 0 saturated heterocycles. The van der Waals surface area contributed by atoms with Gasteiger partial charge in [0.25, 0.3) is 0 Å². The van der Waals surface area contributed by atoms with Gasteiger partial charge >= 0.3 is 0 Å². The highest BCUT2D eigenvalue weighted by molar-refractivity contribution is 7.99. The van der Waals surface area contributed by atoms with E-state index in [1.54, 1.807) is 19.5 Å². The van der Waals surface area contributed by atoms with Crippen molar-refractivity contribution < 1.29 is 9.84 Å². The minimum atomic E-state index is 0.257. The summed E-state index contributed by atoms with van der Waals surface area (Å²) in [5.41, 5.74) is 1.66. The number of aromatic hydroxyl groups is 1. The van der Waals surface area contributed by atoms with Crippen molar-refractivity contribution in [3.63, 3.8) is 0 Å². The van der Waals surface area contributed by atoms with Gasteiger partial charge in [0.2, 0.25) is 0 Å². The summed E-state index contributed by atoms with van der Waals surface area (Å²) in [4.78, 5) is 5.95. The monoisotopic (exact) mass is 359 g/mol. The van der Waals surface area contributed by atoms with Crippen LogP contribution in [0.5, 0.6) is 11.5 Å². The fourth-order valence-corrected chi connectivity index (χ4v) is 4.08. The van der Waals surface area contributed by atoms with Crippen LogP contribution in [0.2, 0.25) is 0 Å². The van der Waals surface area contributed by atoms with E-state index in [1.807, 2.05) is 60.7 Å². The van der Waals surface area contributed by atoms with E-state index in [1.165, 1.54) is 11.8 Å². The van der Waals surface area contributed by atoms with Gasteiger partial charge in [0, 0.05) is 23.5 Å². The molecule has 4 heteroatoms. The number of rotatable bonds is 4. The first-order valence-electron chi connectivity index (χ1n) is 8.24. The Kier molecular flexibility index (Phi) is 4.50. The van der Waals surface area contributed by atoms with Gasteiger partial charge in [-0.1, -0.05) is 54.2 Å². The molecule has 4 rings (SSSR count). The van der Waals surface area contributed by atoms with Crippen LogP contribution in [-0.2, 0) is 0 Å². The largest absolute Gasteiger partial charge is 0.506 e. The molecule has 0 bridgehead atoms. The number of aromatic nitrogens is 1. The summed E-state index contributed by atoms with van der Waals surface area (Å²) in [5.74, 6) is 1.04. The Labute approximate surface area is 156 Å². The molecule has 0 aliphatic rings. The molecule has 0 saturated carbocycles. The Hall–Kier alpha value is -2.98. The number of hydrogen-bond donors (Lipinski definition) is 1. The third kappa shape index (κ3) is 3.00. The quantitative estimate of drug-likeness (QED) is 0.502. The van der Waals surface area contributed by atoms with Crippen LogP contribution in [0.25, 0.3) is 21.9 Å². The smallest absolute Gasteiger partial charge is 0.138 e. The number of nitrogens with zero attached hydrogens (tertiary/aromatic N) is 1. The predicted octanol–water partition coefficient (Wildman–Crippen LogP) is 5.77. The van der Waals surface area contributed by atoms with E-state index < -0.39 is 0 Å². The predicted molar refractivity (Wildman–Crippen MR) is 106 cm³/mol. The zero-order chi connectivity index (χ0) is 17.9. The molecule has 0 amide bonds. The Balaban J connectivity index is 1.94. The van der Waals surface area contributed by atoms with Crippen molar-refractivity contribution in [2.75, 3.05) is 7.11 Å². The third-order valence-electron chi connectivity index (χ3n) is 4.23. The fourth-order valence-electron chi connectivity index (χ4n) is 2.96. The number of methoxy groups -OCH3 is 1. The van der Waals surface area contributed by atoms with Gasteiger partial charge in [-0.3, -0.25) is 4.98 Å². The first kappa shape index (κ1) is 16.5. The topological polar surface area (TPSA) is 42.4 Å². The van der Waals surface area contributed by atoms with Crippen LogP contribution in [-0.4, -0.2) is 17.2 Å². The normalized spacial score (nSPS) is 10.8. The van der Waals surface area contributed by atoms with E-state index in [4.69, 9.17) is 4.74 Å². The lowest BCUT2D eigenvalue weighted by atomic mass is 10.0. The van der Waals surface area contributed by atoms with Crippen LogP contribution in [0.1, 0.15) is 0 Å². The van der Waals surface area contributed by atoms with Crippen molar-refractivity contribution in [3.05, 3.63) is 79.1 Å². The highest BCUT2D eigenvalue weighted by atomic mass is 32.2. The molecule has 3 nitrogen and oxygen atoms in total. The fraction of sp³-hybridized carbons (Fsp3) is 0.0455. The Morgan fingerprint density at radius 3 is 2.58 bits per heavy atom. The van der Waals surface area contributed by atoms with E-state index in [9.17, 15) is 5.11 Å². The Morgan fingerprint density at radius 2 is 1.77 bits per heavy atom. The standard InChI is InChI=1S/C22H17NO2S/c1-25-19-10-4-5-11-20(19)26-22-17-9-3-2-7-15(17)13-18(21(22)24)16-8-6-12-23-14-16/h2-14,24H,1H3. The maximum Gasteiger partial charge on any atom is 0.138 e. The molecule has 26 heavy (non-hydrogen) atoms. The molecule has 1 N–H and O–H groups in total. The number of hydrogen-bond acceptors (Lipinski definition) is 4. The van der Waals surface area contributed by atoms with Crippen LogP contribution >= 0.6 is 11.8 Å². The average Bonchev–Trinajstić information content (AvgIpc) is 2.71. The van der Waals surface area contributed by atoms with Crippen molar-refractivity contribution in [3.8, 4) is 22.6 Å². The molecule has 4 aromatic rings. The minimum absolute atomic E-state index is 0.257. The number of phenolic OH excluding ortho intramolecular Hbond substituents is 1.